The third kappa shape index (κ3) is 7.05. The van der Waals surface area contributed by atoms with Gasteiger partial charge in [-0.1, -0.05) is 0 Å². The van der Waals surface area contributed by atoms with Crippen molar-refractivity contribution >= 4 is 12.0 Å². The lowest BCUT2D eigenvalue weighted by Gasteiger charge is -2.30. The van der Waals surface area contributed by atoms with Crippen LogP contribution in [0.25, 0.3) is 0 Å². The van der Waals surface area contributed by atoms with E-state index in [1.807, 2.05) is 0 Å². The minimum atomic E-state index is -0.764. The Morgan fingerprint density at radius 1 is 1.15 bits per heavy atom. The Labute approximate surface area is 158 Å². The second kappa shape index (κ2) is 10.7. The van der Waals surface area contributed by atoms with Crippen molar-refractivity contribution in [1.82, 2.24) is 10.2 Å². The minimum Gasteiger partial charge on any atom is -0.492 e. The zero-order chi connectivity index (χ0) is 19.6. The van der Waals surface area contributed by atoms with Gasteiger partial charge in [0.15, 0.2) is 0 Å². The molecule has 0 bridgehead atoms. The summed E-state index contributed by atoms with van der Waals surface area (Å²) in [5, 5.41) is 12.0. The van der Waals surface area contributed by atoms with E-state index in [1.165, 1.54) is 24.3 Å². The van der Waals surface area contributed by atoms with Crippen molar-refractivity contribution in [3.05, 3.63) is 30.1 Å². The molecular weight excluding hydrogens is 355 g/mol. The number of halogens is 1. The normalized spacial score (nSPS) is 19.3. The number of carboxylic acids is 1. The van der Waals surface area contributed by atoms with Crippen LogP contribution < -0.4 is 10.1 Å². The van der Waals surface area contributed by atoms with E-state index < -0.39 is 5.97 Å². The van der Waals surface area contributed by atoms with Crippen molar-refractivity contribution < 1.29 is 28.6 Å². The molecule has 2 N–H and O–H groups in total. The predicted octanol–water partition coefficient (Wildman–Crippen LogP) is 2.51. The zero-order valence-electron chi connectivity index (χ0n) is 15.5. The van der Waals surface area contributed by atoms with Gasteiger partial charge >= 0.3 is 12.0 Å². The first-order chi connectivity index (χ1) is 13.0. The van der Waals surface area contributed by atoms with Crippen LogP contribution in [0.3, 0.4) is 0 Å². The fourth-order valence-corrected chi connectivity index (χ4v) is 3.07. The molecule has 1 aromatic rings. The van der Waals surface area contributed by atoms with Gasteiger partial charge in [0.05, 0.1) is 19.1 Å². The van der Waals surface area contributed by atoms with Crippen molar-refractivity contribution in [2.75, 3.05) is 33.4 Å². The van der Waals surface area contributed by atoms with E-state index in [2.05, 4.69) is 5.32 Å². The maximum atomic E-state index is 12.9. The van der Waals surface area contributed by atoms with E-state index in [4.69, 9.17) is 14.6 Å². The summed E-state index contributed by atoms with van der Waals surface area (Å²) in [7, 11) is 1.57. The number of carbonyl (C=O) groups excluding carboxylic acids is 1. The number of nitrogens with zero attached hydrogens (tertiary/aromatic N) is 1. The van der Waals surface area contributed by atoms with Crippen molar-refractivity contribution in [3.8, 4) is 5.75 Å². The molecule has 1 aliphatic carbocycles. The fraction of sp³-hybridized carbons (Fsp3) is 0.579. The van der Waals surface area contributed by atoms with Crippen molar-refractivity contribution in [2.45, 2.75) is 31.7 Å². The number of hydrogen-bond donors (Lipinski definition) is 2. The molecule has 0 radical (unpaired) electrons. The Bertz CT molecular complexity index is 603. The van der Waals surface area contributed by atoms with Gasteiger partial charge in [0.2, 0.25) is 0 Å². The lowest BCUT2D eigenvalue weighted by Crippen LogP contribution is -2.48. The standard InChI is InChI=1S/C19H27FN2O5/c1-26-12-10-22(11-13-27-17-8-4-15(20)5-9-17)19(25)21-16-6-2-14(3-7-16)18(23)24/h4-5,8-9,14,16H,2-3,6-7,10-13H2,1H3,(H,21,25)(H,23,24). The number of benzene rings is 1. The number of nitrogens with one attached hydrogen (secondary N) is 1. The molecule has 1 saturated carbocycles. The van der Waals surface area contributed by atoms with E-state index in [0.717, 1.165) is 0 Å². The summed E-state index contributed by atoms with van der Waals surface area (Å²) in [5.41, 5.74) is 0. The summed E-state index contributed by atoms with van der Waals surface area (Å²) < 4.78 is 23.5. The average molecular weight is 382 g/mol. The quantitative estimate of drug-likeness (QED) is 0.685. The molecule has 150 valence electrons. The largest absolute Gasteiger partial charge is 0.492 e. The molecule has 2 amide bonds. The fourth-order valence-electron chi connectivity index (χ4n) is 3.07. The van der Waals surface area contributed by atoms with Crippen LogP contribution in [0.15, 0.2) is 24.3 Å². The molecule has 0 aliphatic heterocycles. The summed E-state index contributed by atoms with van der Waals surface area (Å²) >= 11 is 0. The predicted molar refractivity (Wildman–Crippen MR) is 97.3 cm³/mol. The van der Waals surface area contributed by atoms with E-state index in [-0.39, 0.29) is 30.4 Å². The average Bonchev–Trinajstić information content (AvgIpc) is 2.66. The molecule has 0 unspecified atom stereocenters. The van der Waals surface area contributed by atoms with Gasteiger partial charge in [-0.25, -0.2) is 9.18 Å². The van der Waals surface area contributed by atoms with Crippen LogP contribution in [0.2, 0.25) is 0 Å². The lowest BCUT2D eigenvalue weighted by atomic mass is 9.86. The Morgan fingerprint density at radius 2 is 1.78 bits per heavy atom. The van der Waals surface area contributed by atoms with Crippen LogP contribution in [0.5, 0.6) is 5.75 Å². The summed E-state index contributed by atoms with van der Waals surface area (Å²) in [5.74, 6) is -0.872. The number of hydrogen-bond acceptors (Lipinski definition) is 4. The second-order valence-electron chi connectivity index (χ2n) is 6.62. The summed E-state index contributed by atoms with van der Waals surface area (Å²) in [6.45, 7) is 1.45. The smallest absolute Gasteiger partial charge is 0.317 e. The van der Waals surface area contributed by atoms with Gasteiger partial charge in [-0.15, -0.1) is 0 Å². The Kier molecular flexibility index (Phi) is 8.32. The monoisotopic (exact) mass is 382 g/mol. The Hall–Kier alpha value is -2.35. The Balaban J connectivity index is 1.80. The van der Waals surface area contributed by atoms with E-state index in [0.29, 0.717) is 51.1 Å². The number of amides is 2. The number of methoxy groups -OCH3 is 1. The number of ether oxygens (including phenoxy) is 2. The number of rotatable bonds is 9. The SMILES string of the molecule is COCCN(CCOc1ccc(F)cc1)C(=O)NC1CCC(C(=O)O)CC1. The third-order valence-corrected chi connectivity index (χ3v) is 4.70. The van der Waals surface area contributed by atoms with Crippen LogP contribution in [0.1, 0.15) is 25.7 Å². The van der Waals surface area contributed by atoms with Gasteiger partial charge in [0, 0.05) is 19.7 Å². The summed E-state index contributed by atoms with van der Waals surface area (Å²) in [4.78, 5) is 25.2. The minimum absolute atomic E-state index is 0.0174. The van der Waals surface area contributed by atoms with Crippen LogP contribution >= 0.6 is 0 Å². The first-order valence-corrected chi connectivity index (χ1v) is 9.15. The first-order valence-electron chi connectivity index (χ1n) is 9.15. The molecule has 1 aliphatic rings. The topological polar surface area (TPSA) is 88.1 Å². The summed E-state index contributed by atoms with van der Waals surface area (Å²) in [6, 6.07) is 5.48. The highest BCUT2D eigenvalue weighted by Crippen LogP contribution is 2.24. The van der Waals surface area contributed by atoms with Gasteiger partial charge in [-0.3, -0.25) is 4.79 Å². The van der Waals surface area contributed by atoms with Gasteiger partial charge < -0.3 is 24.8 Å². The van der Waals surface area contributed by atoms with Gasteiger partial charge in [0.1, 0.15) is 18.2 Å². The highest BCUT2D eigenvalue weighted by molar-refractivity contribution is 5.74. The number of carbonyl (C=O) groups is 2. The molecular formula is C19H27FN2O5. The highest BCUT2D eigenvalue weighted by Gasteiger charge is 2.27. The maximum absolute atomic E-state index is 12.9. The number of aliphatic carboxylic acids is 1. The van der Waals surface area contributed by atoms with Crippen molar-refractivity contribution in [2.24, 2.45) is 5.92 Å². The molecule has 1 aromatic carbocycles. The van der Waals surface area contributed by atoms with Crippen molar-refractivity contribution in [3.63, 3.8) is 0 Å². The molecule has 0 spiro atoms. The van der Waals surface area contributed by atoms with Crippen LogP contribution in [0, 0.1) is 11.7 Å². The van der Waals surface area contributed by atoms with Crippen LogP contribution in [0.4, 0.5) is 9.18 Å². The summed E-state index contributed by atoms with van der Waals surface area (Å²) in [6.07, 6.45) is 2.47. The molecule has 8 heteroatoms. The van der Waals surface area contributed by atoms with Gasteiger partial charge in [0.25, 0.3) is 0 Å². The van der Waals surface area contributed by atoms with Gasteiger partial charge in [-0.05, 0) is 49.9 Å². The van der Waals surface area contributed by atoms with E-state index in [1.54, 1.807) is 12.0 Å². The second-order valence-corrected chi connectivity index (χ2v) is 6.62. The molecule has 0 heterocycles. The molecule has 0 atom stereocenters. The molecule has 0 saturated heterocycles. The van der Waals surface area contributed by atoms with E-state index in [9.17, 15) is 14.0 Å². The molecule has 1 fully saturated rings. The van der Waals surface area contributed by atoms with Crippen LogP contribution in [-0.4, -0.2) is 61.5 Å². The van der Waals surface area contributed by atoms with Gasteiger partial charge in [-0.2, -0.15) is 0 Å². The Morgan fingerprint density at radius 3 is 2.37 bits per heavy atom. The molecule has 7 nitrogen and oxygen atoms in total. The highest BCUT2D eigenvalue weighted by atomic mass is 19.1. The zero-order valence-corrected chi connectivity index (χ0v) is 15.5. The van der Waals surface area contributed by atoms with Crippen molar-refractivity contribution in [1.29, 1.82) is 0 Å². The van der Waals surface area contributed by atoms with E-state index >= 15 is 0 Å². The third-order valence-electron chi connectivity index (χ3n) is 4.70. The van der Waals surface area contributed by atoms with Crippen LogP contribution in [-0.2, 0) is 9.53 Å². The maximum Gasteiger partial charge on any atom is 0.317 e. The molecule has 2 rings (SSSR count). The first kappa shape index (κ1) is 21.0. The lowest BCUT2D eigenvalue weighted by molar-refractivity contribution is -0.142. The number of urea groups is 1. The number of carboxylic acid groups (broad SMARTS) is 1. The molecule has 0 aromatic heterocycles. The molecule has 27 heavy (non-hydrogen) atoms.